The van der Waals surface area contributed by atoms with Gasteiger partial charge in [0.1, 0.15) is 0 Å². The van der Waals surface area contributed by atoms with Gasteiger partial charge >= 0.3 is 0 Å². The molecule has 0 N–H and O–H groups in total. The van der Waals surface area contributed by atoms with Gasteiger partial charge in [-0.25, -0.2) is 0 Å². The lowest BCUT2D eigenvalue weighted by Crippen LogP contribution is -2.50. The SMILES string of the molecule is C[C@H]1CCC2[C@@H](C)C3C(CC4C5CC=C6CCCCC6(C)C5CCC43C)N2C1. The summed E-state index contributed by atoms with van der Waals surface area (Å²) in [5, 5.41) is 0. The van der Waals surface area contributed by atoms with Gasteiger partial charge in [0.15, 0.2) is 0 Å². The van der Waals surface area contributed by atoms with E-state index in [9.17, 15) is 0 Å². The van der Waals surface area contributed by atoms with Crippen LogP contribution in [0.1, 0.15) is 91.9 Å². The second kappa shape index (κ2) is 6.12. The van der Waals surface area contributed by atoms with Crippen molar-refractivity contribution in [2.75, 3.05) is 6.54 Å². The molecule has 10 atom stereocenters. The Labute approximate surface area is 173 Å². The fraction of sp³-hybridized carbons (Fsp3) is 0.926. The van der Waals surface area contributed by atoms with E-state index in [-0.39, 0.29) is 0 Å². The lowest BCUT2D eigenvalue weighted by atomic mass is 9.47. The van der Waals surface area contributed by atoms with Gasteiger partial charge in [0, 0.05) is 18.6 Å². The molecular weight excluding hydrogens is 338 g/mol. The van der Waals surface area contributed by atoms with Gasteiger partial charge in [0.25, 0.3) is 0 Å². The van der Waals surface area contributed by atoms with Crippen LogP contribution >= 0.6 is 0 Å². The summed E-state index contributed by atoms with van der Waals surface area (Å²) in [4.78, 5) is 3.05. The molecular formula is C27H43N. The molecule has 28 heavy (non-hydrogen) atoms. The molecule has 0 bridgehead atoms. The third kappa shape index (κ3) is 2.24. The molecule has 6 aliphatic rings. The van der Waals surface area contributed by atoms with E-state index in [0.717, 1.165) is 47.6 Å². The molecule has 1 nitrogen and oxygen atoms in total. The van der Waals surface area contributed by atoms with Gasteiger partial charge in [0.2, 0.25) is 0 Å². The van der Waals surface area contributed by atoms with E-state index in [1.165, 1.54) is 70.8 Å². The number of fused-ring (bicyclic) bond motifs is 9. The van der Waals surface area contributed by atoms with Crippen molar-refractivity contribution in [2.45, 2.75) is 104 Å². The van der Waals surface area contributed by atoms with Gasteiger partial charge in [-0.1, -0.05) is 45.8 Å². The zero-order valence-electron chi connectivity index (χ0n) is 18.9. The van der Waals surface area contributed by atoms with E-state index in [1.54, 1.807) is 0 Å². The highest BCUT2D eigenvalue weighted by molar-refractivity contribution is 5.26. The number of hydrogen-bond donors (Lipinski definition) is 0. The highest BCUT2D eigenvalue weighted by Gasteiger charge is 2.66. The predicted molar refractivity (Wildman–Crippen MR) is 117 cm³/mol. The molecule has 4 aliphatic carbocycles. The summed E-state index contributed by atoms with van der Waals surface area (Å²) in [5.74, 6) is 5.83. The van der Waals surface area contributed by atoms with Crippen molar-refractivity contribution < 1.29 is 0 Å². The number of piperidine rings is 1. The second-order valence-corrected chi connectivity index (χ2v) is 12.6. The Bertz CT molecular complexity index is 680. The Morgan fingerprint density at radius 1 is 0.964 bits per heavy atom. The largest absolute Gasteiger partial charge is 0.297 e. The Hall–Kier alpha value is -0.300. The first-order chi connectivity index (χ1) is 13.4. The predicted octanol–water partition coefficient (Wildman–Crippen LogP) is 6.68. The van der Waals surface area contributed by atoms with Gasteiger partial charge in [-0.05, 0) is 104 Å². The summed E-state index contributed by atoms with van der Waals surface area (Å²) >= 11 is 0. The van der Waals surface area contributed by atoms with Crippen LogP contribution in [-0.2, 0) is 0 Å². The van der Waals surface area contributed by atoms with Gasteiger partial charge < -0.3 is 0 Å². The molecule has 0 radical (unpaired) electrons. The van der Waals surface area contributed by atoms with Crippen molar-refractivity contribution in [3.05, 3.63) is 11.6 Å². The normalized spacial score (nSPS) is 58.2. The molecule has 0 amide bonds. The van der Waals surface area contributed by atoms with Crippen LogP contribution in [0.15, 0.2) is 11.6 Å². The van der Waals surface area contributed by atoms with E-state index in [1.807, 2.05) is 5.57 Å². The Balaban J connectivity index is 1.34. The maximum absolute atomic E-state index is 3.05. The minimum Gasteiger partial charge on any atom is -0.297 e. The van der Waals surface area contributed by atoms with E-state index in [0.29, 0.717) is 10.8 Å². The molecule has 156 valence electrons. The van der Waals surface area contributed by atoms with Gasteiger partial charge in [0.05, 0.1) is 0 Å². The van der Waals surface area contributed by atoms with Crippen LogP contribution in [-0.4, -0.2) is 23.5 Å². The van der Waals surface area contributed by atoms with E-state index < -0.39 is 0 Å². The maximum Gasteiger partial charge on any atom is 0.0138 e. The molecule has 2 aliphatic heterocycles. The average molecular weight is 382 g/mol. The molecule has 2 heterocycles. The van der Waals surface area contributed by atoms with E-state index >= 15 is 0 Å². The summed E-state index contributed by atoms with van der Waals surface area (Å²) in [6, 6.07) is 1.83. The summed E-state index contributed by atoms with van der Waals surface area (Å²) in [6.45, 7) is 12.0. The van der Waals surface area contributed by atoms with Crippen LogP contribution in [0.5, 0.6) is 0 Å². The summed E-state index contributed by atoms with van der Waals surface area (Å²) in [6.07, 6.45) is 17.6. The Kier molecular flexibility index (Phi) is 4.03. The molecule has 8 unspecified atom stereocenters. The lowest BCUT2D eigenvalue weighted by molar-refractivity contribution is -0.0501. The molecule has 3 saturated carbocycles. The Morgan fingerprint density at radius 2 is 1.82 bits per heavy atom. The maximum atomic E-state index is 3.05. The number of hydrogen-bond acceptors (Lipinski definition) is 1. The fourth-order valence-corrected chi connectivity index (χ4v) is 10.4. The first kappa shape index (κ1) is 18.5. The monoisotopic (exact) mass is 381 g/mol. The number of nitrogens with zero attached hydrogens (tertiary/aromatic N) is 1. The Morgan fingerprint density at radius 3 is 2.68 bits per heavy atom. The van der Waals surface area contributed by atoms with Crippen molar-refractivity contribution in [1.29, 1.82) is 0 Å². The van der Waals surface area contributed by atoms with Crippen LogP contribution in [0.25, 0.3) is 0 Å². The molecule has 2 saturated heterocycles. The topological polar surface area (TPSA) is 3.24 Å². The summed E-state index contributed by atoms with van der Waals surface area (Å²) in [5.41, 5.74) is 3.07. The summed E-state index contributed by atoms with van der Waals surface area (Å²) < 4.78 is 0. The lowest BCUT2D eigenvalue weighted by Gasteiger charge is -2.58. The molecule has 0 aromatic heterocycles. The number of rotatable bonds is 0. The van der Waals surface area contributed by atoms with E-state index in [2.05, 4.69) is 38.7 Å². The highest BCUT2D eigenvalue weighted by atomic mass is 15.2. The molecule has 6 rings (SSSR count). The second-order valence-electron chi connectivity index (χ2n) is 12.6. The van der Waals surface area contributed by atoms with Crippen LogP contribution in [0.4, 0.5) is 0 Å². The van der Waals surface area contributed by atoms with Crippen LogP contribution < -0.4 is 0 Å². The smallest absolute Gasteiger partial charge is 0.0138 e. The van der Waals surface area contributed by atoms with Crippen LogP contribution in [0.3, 0.4) is 0 Å². The third-order valence-electron chi connectivity index (χ3n) is 11.6. The third-order valence-corrected chi connectivity index (χ3v) is 11.6. The first-order valence-electron chi connectivity index (χ1n) is 12.9. The van der Waals surface area contributed by atoms with Crippen molar-refractivity contribution in [3.63, 3.8) is 0 Å². The zero-order valence-corrected chi connectivity index (χ0v) is 18.9. The van der Waals surface area contributed by atoms with E-state index in [4.69, 9.17) is 0 Å². The molecule has 0 aromatic rings. The number of allylic oxidation sites excluding steroid dienone is 2. The minimum atomic E-state index is 0.563. The molecule has 0 aromatic carbocycles. The van der Waals surface area contributed by atoms with Gasteiger partial charge in [-0.15, -0.1) is 0 Å². The first-order valence-corrected chi connectivity index (χ1v) is 12.9. The van der Waals surface area contributed by atoms with Gasteiger partial charge in [-0.2, -0.15) is 0 Å². The van der Waals surface area contributed by atoms with Crippen molar-refractivity contribution in [2.24, 2.45) is 46.3 Å². The van der Waals surface area contributed by atoms with Crippen molar-refractivity contribution >= 4 is 0 Å². The highest BCUT2D eigenvalue weighted by Crippen LogP contribution is 2.69. The minimum absolute atomic E-state index is 0.563. The quantitative estimate of drug-likeness (QED) is 0.423. The average Bonchev–Trinajstić information content (AvgIpc) is 3.14. The zero-order chi connectivity index (χ0) is 19.3. The van der Waals surface area contributed by atoms with Crippen molar-refractivity contribution in [1.82, 2.24) is 4.90 Å². The van der Waals surface area contributed by atoms with Gasteiger partial charge in [-0.3, -0.25) is 4.90 Å². The molecule has 5 fully saturated rings. The van der Waals surface area contributed by atoms with Crippen molar-refractivity contribution in [3.8, 4) is 0 Å². The fourth-order valence-electron chi connectivity index (χ4n) is 10.4. The standard InChI is InChI=1S/C27H43N/c1-17-8-11-23-18(2)25-24(28(23)16-17)15-22-20-10-9-19-7-5-6-13-26(19,3)21(20)12-14-27(22,25)4/h9,17-18,20-25H,5-8,10-16H2,1-4H3/t17-,18+,20?,21?,22?,23?,24?,25?,26?,27?/m0/s1. The summed E-state index contributed by atoms with van der Waals surface area (Å²) in [7, 11) is 0. The van der Waals surface area contributed by atoms with Crippen LogP contribution in [0, 0.1) is 46.3 Å². The molecule has 1 heteroatoms. The van der Waals surface area contributed by atoms with Crippen LogP contribution in [0.2, 0.25) is 0 Å². The molecule has 0 spiro atoms.